The van der Waals surface area contributed by atoms with Crippen LogP contribution in [0.5, 0.6) is 0 Å². The number of benzene rings is 1. The molecule has 0 amide bonds. The van der Waals surface area contributed by atoms with Crippen LogP contribution in [0.4, 0.5) is 0 Å². The smallest absolute Gasteiger partial charge is 0.311 e. The van der Waals surface area contributed by atoms with E-state index in [2.05, 4.69) is 6.58 Å². The number of halogens is 1. The molecule has 0 aliphatic carbocycles. The monoisotopic (exact) mass is 266 g/mol. The van der Waals surface area contributed by atoms with Gasteiger partial charge in [-0.25, -0.2) is 0 Å². The van der Waals surface area contributed by atoms with E-state index in [1.54, 1.807) is 6.08 Å². The van der Waals surface area contributed by atoms with E-state index in [1.807, 2.05) is 38.1 Å². The van der Waals surface area contributed by atoms with Crippen LogP contribution >= 0.6 is 11.6 Å². The fourth-order valence-electron chi connectivity index (χ4n) is 1.66. The fourth-order valence-corrected chi connectivity index (χ4v) is 1.87. The zero-order valence-corrected chi connectivity index (χ0v) is 11.7. The molecule has 0 unspecified atom stereocenters. The second-order valence-corrected chi connectivity index (χ2v) is 5.34. The van der Waals surface area contributed by atoms with Crippen LogP contribution in [-0.4, -0.2) is 12.6 Å². The van der Waals surface area contributed by atoms with Crippen molar-refractivity contribution in [3.63, 3.8) is 0 Å². The van der Waals surface area contributed by atoms with Gasteiger partial charge in [-0.05, 0) is 44.4 Å². The fraction of sp³-hybridized carbons (Fsp3) is 0.400. The van der Waals surface area contributed by atoms with E-state index < -0.39 is 5.41 Å². The Morgan fingerprint density at radius 1 is 1.50 bits per heavy atom. The van der Waals surface area contributed by atoms with Crippen molar-refractivity contribution in [3.05, 3.63) is 47.5 Å². The molecular formula is C15H19ClO2. The van der Waals surface area contributed by atoms with Gasteiger partial charge in [-0.15, -0.1) is 6.58 Å². The number of ether oxygens (including phenoxy) is 1. The molecule has 0 aliphatic rings. The van der Waals surface area contributed by atoms with Crippen LogP contribution in [-0.2, 0) is 16.0 Å². The largest absolute Gasteiger partial charge is 0.465 e. The van der Waals surface area contributed by atoms with Crippen LogP contribution in [0.15, 0.2) is 36.9 Å². The number of rotatable bonds is 6. The van der Waals surface area contributed by atoms with Gasteiger partial charge in [-0.3, -0.25) is 4.79 Å². The van der Waals surface area contributed by atoms with Crippen LogP contribution in [0.25, 0.3) is 0 Å². The van der Waals surface area contributed by atoms with Gasteiger partial charge in [0.25, 0.3) is 0 Å². The topological polar surface area (TPSA) is 26.3 Å². The van der Waals surface area contributed by atoms with Crippen molar-refractivity contribution in [2.45, 2.75) is 26.7 Å². The number of carbonyl (C=O) groups excluding carboxylic acids is 1. The normalized spacial score (nSPS) is 11.1. The summed E-state index contributed by atoms with van der Waals surface area (Å²) >= 11 is 5.93. The van der Waals surface area contributed by atoms with Gasteiger partial charge in [-0.1, -0.05) is 29.8 Å². The molecule has 0 fully saturated rings. The van der Waals surface area contributed by atoms with Gasteiger partial charge in [0.05, 0.1) is 12.0 Å². The molecule has 0 N–H and O–H groups in total. The molecule has 0 bridgehead atoms. The van der Waals surface area contributed by atoms with E-state index in [-0.39, 0.29) is 5.97 Å². The molecule has 18 heavy (non-hydrogen) atoms. The van der Waals surface area contributed by atoms with E-state index >= 15 is 0 Å². The predicted molar refractivity (Wildman–Crippen MR) is 74.7 cm³/mol. The molecule has 0 saturated heterocycles. The van der Waals surface area contributed by atoms with Gasteiger partial charge >= 0.3 is 5.97 Å². The van der Waals surface area contributed by atoms with Crippen molar-refractivity contribution < 1.29 is 9.53 Å². The number of esters is 1. The van der Waals surface area contributed by atoms with Gasteiger partial charge < -0.3 is 4.74 Å². The summed E-state index contributed by atoms with van der Waals surface area (Å²) in [5.74, 6) is -0.190. The average Bonchev–Trinajstić information content (AvgIpc) is 2.28. The van der Waals surface area contributed by atoms with Crippen molar-refractivity contribution in [1.29, 1.82) is 0 Å². The predicted octanol–water partition coefficient (Wildman–Crippen LogP) is 4.03. The van der Waals surface area contributed by atoms with Crippen molar-refractivity contribution >= 4 is 17.6 Å². The number of hydrogen-bond donors (Lipinski definition) is 0. The molecule has 0 atom stereocenters. The van der Waals surface area contributed by atoms with E-state index in [4.69, 9.17) is 16.3 Å². The number of hydrogen-bond acceptors (Lipinski definition) is 2. The SMILES string of the molecule is C=CCCOC(=O)C(C)(C)Cc1cccc(Cl)c1. The van der Waals surface area contributed by atoms with Crippen LogP contribution in [0.2, 0.25) is 5.02 Å². The van der Waals surface area contributed by atoms with Crippen molar-refractivity contribution in [1.82, 2.24) is 0 Å². The summed E-state index contributed by atoms with van der Waals surface area (Å²) in [5, 5.41) is 0.684. The first kappa shape index (κ1) is 14.8. The molecule has 0 saturated carbocycles. The second kappa shape index (κ2) is 6.60. The summed E-state index contributed by atoms with van der Waals surface area (Å²) in [6.45, 7) is 7.74. The van der Waals surface area contributed by atoms with E-state index in [9.17, 15) is 4.79 Å². The van der Waals surface area contributed by atoms with Crippen LogP contribution in [0, 0.1) is 5.41 Å². The lowest BCUT2D eigenvalue weighted by atomic mass is 9.86. The highest BCUT2D eigenvalue weighted by Crippen LogP contribution is 2.25. The molecule has 0 radical (unpaired) electrons. The summed E-state index contributed by atoms with van der Waals surface area (Å²) in [4.78, 5) is 11.9. The molecular weight excluding hydrogens is 248 g/mol. The van der Waals surface area contributed by atoms with Gasteiger partial charge in [0.15, 0.2) is 0 Å². The summed E-state index contributed by atoms with van der Waals surface area (Å²) in [6.07, 6.45) is 3.02. The Kier molecular flexibility index (Phi) is 5.42. The average molecular weight is 267 g/mol. The van der Waals surface area contributed by atoms with Crippen molar-refractivity contribution in [2.24, 2.45) is 5.41 Å². The maximum Gasteiger partial charge on any atom is 0.311 e. The molecule has 1 rings (SSSR count). The summed E-state index contributed by atoms with van der Waals surface area (Å²) in [5.41, 5.74) is 0.486. The lowest BCUT2D eigenvalue weighted by Crippen LogP contribution is -2.29. The first-order valence-electron chi connectivity index (χ1n) is 5.98. The molecule has 0 heterocycles. The first-order valence-corrected chi connectivity index (χ1v) is 6.36. The molecule has 0 spiro atoms. The highest BCUT2D eigenvalue weighted by atomic mass is 35.5. The van der Waals surface area contributed by atoms with Gasteiger partial charge in [0.2, 0.25) is 0 Å². The maximum atomic E-state index is 11.9. The van der Waals surface area contributed by atoms with Gasteiger partial charge in [0.1, 0.15) is 0 Å². The highest BCUT2D eigenvalue weighted by molar-refractivity contribution is 6.30. The Morgan fingerprint density at radius 2 is 2.22 bits per heavy atom. The first-order chi connectivity index (χ1) is 8.45. The Morgan fingerprint density at radius 3 is 2.83 bits per heavy atom. The molecule has 1 aromatic carbocycles. The Bertz CT molecular complexity index is 424. The summed E-state index contributed by atoms with van der Waals surface area (Å²) in [6, 6.07) is 7.54. The molecule has 0 aliphatic heterocycles. The number of carbonyl (C=O) groups is 1. The van der Waals surface area contributed by atoms with Crippen LogP contribution in [0.1, 0.15) is 25.8 Å². The molecule has 0 aromatic heterocycles. The summed E-state index contributed by atoms with van der Waals surface area (Å²) in [7, 11) is 0. The molecule has 3 heteroatoms. The standard InChI is InChI=1S/C15H19ClO2/c1-4-5-9-18-14(17)15(2,3)11-12-7-6-8-13(16)10-12/h4,6-8,10H,1,5,9,11H2,2-3H3. The van der Waals surface area contributed by atoms with Crippen LogP contribution in [0.3, 0.4) is 0 Å². The minimum absolute atomic E-state index is 0.190. The Balaban J connectivity index is 2.63. The van der Waals surface area contributed by atoms with Crippen LogP contribution < -0.4 is 0 Å². The highest BCUT2D eigenvalue weighted by Gasteiger charge is 2.29. The summed E-state index contributed by atoms with van der Waals surface area (Å²) < 4.78 is 5.21. The van der Waals surface area contributed by atoms with Crippen molar-refractivity contribution in [2.75, 3.05) is 6.61 Å². The Labute approximate surface area is 114 Å². The molecule has 98 valence electrons. The van der Waals surface area contributed by atoms with E-state index in [0.29, 0.717) is 24.5 Å². The molecule has 2 nitrogen and oxygen atoms in total. The second-order valence-electron chi connectivity index (χ2n) is 4.90. The lowest BCUT2D eigenvalue weighted by molar-refractivity contribution is -0.153. The minimum Gasteiger partial charge on any atom is -0.465 e. The minimum atomic E-state index is -0.550. The van der Waals surface area contributed by atoms with Crippen molar-refractivity contribution in [3.8, 4) is 0 Å². The third kappa shape index (κ3) is 4.53. The van der Waals surface area contributed by atoms with Gasteiger partial charge in [-0.2, -0.15) is 0 Å². The van der Waals surface area contributed by atoms with Gasteiger partial charge in [0, 0.05) is 5.02 Å². The maximum absolute atomic E-state index is 11.9. The Hall–Kier alpha value is -1.28. The zero-order chi connectivity index (χ0) is 13.6. The third-order valence-corrected chi connectivity index (χ3v) is 2.88. The quantitative estimate of drug-likeness (QED) is 0.441. The van der Waals surface area contributed by atoms with E-state index in [1.165, 1.54) is 0 Å². The zero-order valence-electron chi connectivity index (χ0n) is 10.9. The molecule has 1 aromatic rings. The lowest BCUT2D eigenvalue weighted by Gasteiger charge is -2.22. The third-order valence-electron chi connectivity index (χ3n) is 2.64. The van der Waals surface area contributed by atoms with E-state index in [0.717, 1.165) is 5.56 Å².